The Labute approximate surface area is 295 Å². The van der Waals surface area contributed by atoms with E-state index in [0.717, 1.165) is 47.5 Å². The number of hydrogen-bond donors (Lipinski definition) is 0. The van der Waals surface area contributed by atoms with Crippen LogP contribution in [0.2, 0.25) is 0 Å². The molecule has 1 heterocycles. The predicted molar refractivity (Wildman–Crippen MR) is 123 cm³/mol. The van der Waals surface area contributed by atoms with Crippen LogP contribution >= 0.6 is 0 Å². The summed E-state index contributed by atoms with van der Waals surface area (Å²) < 4.78 is 104. The van der Waals surface area contributed by atoms with Gasteiger partial charge >= 0.3 is 88.7 Å². The maximum atomic E-state index is 12.9. The minimum Gasteiger partial charge on any atom is -0.744 e. The van der Waals surface area contributed by atoms with Crippen molar-refractivity contribution in [2.24, 2.45) is 15.3 Å². The van der Waals surface area contributed by atoms with Crippen LogP contribution in [0.25, 0.3) is 10.8 Å². The zero-order valence-corrected chi connectivity index (χ0v) is 29.8. The van der Waals surface area contributed by atoms with Gasteiger partial charge in [-0.05, 0) is 49.4 Å². The van der Waals surface area contributed by atoms with E-state index in [0.29, 0.717) is 0 Å². The predicted octanol–water partition coefficient (Wildman–Crippen LogP) is -7.56. The molecule has 0 radical (unpaired) electrons. The van der Waals surface area contributed by atoms with Gasteiger partial charge in [0.25, 0.3) is 5.91 Å². The SMILES string of the molecule is CC1=NN(c2ccc(S(=O)(=O)[O-])cc2)C(=O)C1N=Nc1cc(S(=O)(=O)[O-])c2cccc(S(=O)(=O)[O-])c2c1.[Na+].[Na+].[Na+]. The van der Waals surface area contributed by atoms with Gasteiger partial charge in [0.05, 0.1) is 31.8 Å². The quantitative estimate of drug-likeness (QED) is 0.141. The third-order valence-electron chi connectivity index (χ3n) is 5.20. The van der Waals surface area contributed by atoms with Crippen LogP contribution in [0.4, 0.5) is 11.4 Å². The zero-order chi connectivity index (χ0) is 27.3. The first kappa shape index (κ1) is 37.4. The van der Waals surface area contributed by atoms with Crippen LogP contribution in [0, 0.1) is 0 Å². The number of anilines is 1. The van der Waals surface area contributed by atoms with Crippen LogP contribution < -0.4 is 93.7 Å². The second-order valence-corrected chi connectivity index (χ2v) is 11.7. The van der Waals surface area contributed by atoms with E-state index in [4.69, 9.17) is 0 Å². The molecule has 4 rings (SSSR count). The molecular weight excluding hydrogens is 621 g/mol. The molecule has 0 aliphatic carbocycles. The number of carbonyl (C=O) groups excluding carboxylic acids is 1. The smallest absolute Gasteiger partial charge is 0.744 e. The van der Waals surface area contributed by atoms with Gasteiger partial charge in [0, 0.05) is 10.8 Å². The van der Waals surface area contributed by atoms with Gasteiger partial charge in [0.15, 0.2) is 6.04 Å². The maximum absolute atomic E-state index is 12.9. The summed E-state index contributed by atoms with van der Waals surface area (Å²) in [5, 5.41) is 11.9. The summed E-state index contributed by atoms with van der Waals surface area (Å²) in [6.45, 7) is 1.42. The second kappa shape index (κ2) is 13.8. The summed E-state index contributed by atoms with van der Waals surface area (Å²) in [5.41, 5.74) is -0.0816. The molecule has 0 N–H and O–H groups in total. The standard InChI is InChI=1S/C20H16N4O10S3.3Na/c1-11-19(20(25)24(23-11)13-5-7-14(8-6-13)35(26,27)28)22-21-12-9-16-15(18(10-12)37(32,33)34)3-2-4-17(16)36(29,30)31;;;/h2-10,19H,1H3,(H,26,27,28)(H,29,30,31)(H,32,33,34);;;/q;3*+1/p-3. The van der Waals surface area contributed by atoms with Gasteiger partial charge in [-0.2, -0.15) is 20.3 Å². The molecule has 0 spiro atoms. The molecule has 0 saturated carbocycles. The van der Waals surface area contributed by atoms with E-state index in [1.54, 1.807) is 0 Å². The summed E-state index contributed by atoms with van der Waals surface area (Å²) in [4.78, 5) is 10.7. The monoisotopic (exact) mass is 634 g/mol. The van der Waals surface area contributed by atoms with E-state index in [1.165, 1.54) is 19.1 Å². The molecule has 0 saturated heterocycles. The van der Waals surface area contributed by atoms with Crippen molar-refractivity contribution in [3.05, 3.63) is 54.6 Å². The van der Waals surface area contributed by atoms with Crippen LogP contribution in [-0.2, 0) is 35.1 Å². The molecule has 1 aliphatic rings. The van der Waals surface area contributed by atoms with Crippen molar-refractivity contribution in [1.82, 2.24) is 0 Å². The minimum absolute atomic E-state index is 0. The molecule has 0 aromatic heterocycles. The van der Waals surface area contributed by atoms with E-state index in [-0.39, 0.29) is 117 Å². The average molecular weight is 635 g/mol. The molecule has 194 valence electrons. The molecule has 3 aromatic carbocycles. The van der Waals surface area contributed by atoms with E-state index in [9.17, 15) is 43.7 Å². The number of rotatable bonds is 6. The minimum atomic E-state index is -5.14. The van der Waals surface area contributed by atoms with Crippen molar-refractivity contribution in [2.45, 2.75) is 27.7 Å². The van der Waals surface area contributed by atoms with Crippen molar-refractivity contribution in [2.75, 3.05) is 5.01 Å². The Kier molecular flexibility index (Phi) is 12.9. The number of benzene rings is 3. The van der Waals surface area contributed by atoms with Crippen LogP contribution in [0.3, 0.4) is 0 Å². The average Bonchev–Trinajstić information content (AvgIpc) is 3.08. The largest absolute Gasteiger partial charge is 1.00 e. The van der Waals surface area contributed by atoms with Crippen LogP contribution in [0.5, 0.6) is 0 Å². The van der Waals surface area contributed by atoms with Gasteiger partial charge < -0.3 is 13.7 Å². The molecule has 14 nitrogen and oxygen atoms in total. The molecule has 20 heteroatoms. The first-order valence-electron chi connectivity index (χ1n) is 9.92. The fourth-order valence-electron chi connectivity index (χ4n) is 3.54. The van der Waals surface area contributed by atoms with Crippen molar-refractivity contribution in [3.63, 3.8) is 0 Å². The van der Waals surface area contributed by atoms with Gasteiger partial charge in [-0.3, -0.25) is 4.79 Å². The molecule has 1 amide bonds. The van der Waals surface area contributed by atoms with E-state index in [2.05, 4.69) is 15.3 Å². The summed E-state index contributed by atoms with van der Waals surface area (Å²) >= 11 is 0. The van der Waals surface area contributed by atoms with Gasteiger partial charge in [0.2, 0.25) is 0 Å². The number of carbonyl (C=O) groups is 1. The van der Waals surface area contributed by atoms with Crippen molar-refractivity contribution >= 4 is 64.1 Å². The molecule has 1 unspecified atom stereocenters. The van der Waals surface area contributed by atoms with Gasteiger partial charge in [0.1, 0.15) is 30.4 Å². The van der Waals surface area contributed by atoms with E-state index < -0.39 is 57.0 Å². The Bertz CT molecular complexity index is 1850. The van der Waals surface area contributed by atoms with E-state index in [1.807, 2.05) is 0 Å². The number of azo groups is 1. The Morgan fingerprint density at radius 3 is 1.88 bits per heavy atom. The Morgan fingerprint density at radius 1 is 0.775 bits per heavy atom. The second-order valence-electron chi connectivity index (χ2n) is 7.66. The van der Waals surface area contributed by atoms with Crippen molar-refractivity contribution < 1.29 is 132 Å². The maximum Gasteiger partial charge on any atom is 1.00 e. The number of fused-ring (bicyclic) bond motifs is 1. The third kappa shape index (κ3) is 8.06. The Morgan fingerprint density at radius 2 is 1.35 bits per heavy atom. The first-order chi connectivity index (χ1) is 17.1. The van der Waals surface area contributed by atoms with Crippen molar-refractivity contribution in [1.29, 1.82) is 0 Å². The number of hydrogen-bond acceptors (Lipinski definition) is 13. The summed E-state index contributed by atoms with van der Waals surface area (Å²) in [6, 6.07) is 8.07. The molecule has 0 bridgehead atoms. The van der Waals surface area contributed by atoms with E-state index >= 15 is 0 Å². The number of amides is 1. The third-order valence-corrected chi connectivity index (χ3v) is 7.82. The normalized spacial score (nSPS) is 15.8. The van der Waals surface area contributed by atoms with Gasteiger partial charge in [-0.15, -0.1) is 0 Å². The number of hydrazone groups is 1. The summed E-state index contributed by atoms with van der Waals surface area (Å²) in [5.74, 6) is -0.737. The van der Waals surface area contributed by atoms with Crippen LogP contribution in [0.15, 0.2) is 84.6 Å². The summed E-state index contributed by atoms with van der Waals surface area (Å²) in [6.07, 6.45) is 0. The topological polar surface area (TPSA) is 229 Å². The Balaban J connectivity index is 0.00000267. The molecule has 0 fully saturated rings. The van der Waals surface area contributed by atoms with Crippen molar-refractivity contribution in [3.8, 4) is 0 Å². The van der Waals surface area contributed by atoms with Crippen LogP contribution in [0.1, 0.15) is 6.92 Å². The molecule has 1 aliphatic heterocycles. The fraction of sp³-hybridized carbons (Fsp3) is 0.100. The van der Waals surface area contributed by atoms with Gasteiger partial charge in [-0.25, -0.2) is 25.3 Å². The zero-order valence-electron chi connectivity index (χ0n) is 21.4. The summed E-state index contributed by atoms with van der Waals surface area (Å²) in [7, 11) is -14.9. The fourth-order valence-corrected chi connectivity index (χ4v) is 5.41. The molecule has 40 heavy (non-hydrogen) atoms. The molecule has 3 aromatic rings. The van der Waals surface area contributed by atoms with Gasteiger partial charge in [-0.1, -0.05) is 12.1 Å². The molecule has 1 atom stereocenters. The Hall–Kier alpha value is -0.610. The first-order valence-corrected chi connectivity index (χ1v) is 14.1. The molecular formula is C20H13N4Na3O10S3. The number of nitrogens with zero attached hydrogens (tertiary/aromatic N) is 4. The van der Waals surface area contributed by atoms with Crippen LogP contribution in [-0.4, -0.2) is 56.6 Å².